The molecule has 1 N–H and O–H groups in total. The van der Waals surface area contributed by atoms with Crippen molar-refractivity contribution in [2.24, 2.45) is 4.99 Å². The van der Waals surface area contributed by atoms with Gasteiger partial charge in [0.05, 0.1) is 6.61 Å². The van der Waals surface area contributed by atoms with E-state index in [4.69, 9.17) is 5.26 Å². The van der Waals surface area contributed by atoms with Gasteiger partial charge in [-0.2, -0.15) is 10.3 Å². The van der Waals surface area contributed by atoms with Crippen LogP contribution in [0.2, 0.25) is 0 Å². The summed E-state index contributed by atoms with van der Waals surface area (Å²) >= 11 is 0. The molecule has 0 bridgehead atoms. The molecular formula is C7H9N3O3. The van der Waals surface area contributed by atoms with E-state index in [1.165, 1.54) is 13.1 Å². The minimum absolute atomic E-state index is 0.132. The van der Waals surface area contributed by atoms with E-state index in [0.29, 0.717) is 0 Å². The van der Waals surface area contributed by atoms with Crippen molar-refractivity contribution < 1.29 is 14.3 Å². The second kappa shape index (κ2) is 5.71. The number of hydrogen-bond donors (Lipinski definition) is 1. The fraction of sp³-hybridized carbons (Fsp3) is 0.429. The fourth-order valence-corrected chi connectivity index (χ4v) is 0.473. The molecule has 0 aromatic rings. The molecule has 0 aromatic carbocycles. The lowest BCUT2D eigenvalue weighted by Crippen LogP contribution is -2.21. The van der Waals surface area contributed by atoms with Crippen molar-refractivity contribution in [3.63, 3.8) is 0 Å². The van der Waals surface area contributed by atoms with Gasteiger partial charge in [0.25, 0.3) is 0 Å². The summed E-state index contributed by atoms with van der Waals surface area (Å²) in [6, 6.07) is 0.707. The average molecular weight is 183 g/mol. The highest BCUT2D eigenvalue weighted by molar-refractivity contribution is 6.44. The summed E-state index contributed by atoms with van der Waals surface area (Å²) in [5.74, 6) is -0.895. The number of urea groups is 1. The van der Waals surface area contributed by atoms with Crippen LogP contribution in [-0.4, -0.2) is 31.4 Å². The SMILES string of the molecule is CCOC(=O)/C(C#N)=N/C(=O)NC. The van der Waals surface area contributed by atoms with Gasteiger partial charge >= 0.3 is 12.0 Å². The predicted octanol–water partition coefficient (Wildman–Crippen LogP) is -0.147. The van der Waals surface area contributed by atoms with Gasteiger partial charge in [0, 0.05) is 7.05 Å². The van der Waals surface area contributed by atoms with Crippen LogP contribution in [0, 0.1) is 11.3 Å². The summed E-state index contributed by atoms with van der Waals surface area (Å²) < 4.78 is 4.47. The van der Waals surface area contributed by atoms with Gasteiger partial charge in [-0.15, -0.1) is 0 Å². The fourth-order valence-electron chi connectivity index (χ4n) is 0.473. The molecule has 0 saturated carbocycles. The summed E-state index contributed by atoms with van der Waals surface area (Å²) in [4.78, 5) is 24.7. The Hall–Kier alpha value is -1.90. The Bertz CT molecular complexity index is 277. The van der Waals surface area contributed by atoms with E-state index in [0.717, 1.165) is 0 Å². The zero-order valence-electron chi connectivity index (χ0n) is 7.33. The standard InChI is InChI=1S/C7H9N3O3/c1-3-13-6(11)5(4-8)10-7(12)9-2/h3H2,1-2H3,(H,9,12)/b10-5+. The lowest BCUT2D eigenvalue weighted by Gasteiger charge is -1.97. The van der Waals surface area contributed by atoms with Gasteiger partial charge in [0.1, 0.15) is 6.07 Å². The van der Waals surface area contributed by atoms with Crippen molar-refractivity contribution in [3.05, 3.63) is 0 Å². The van der Waals surface area contributed by atoms with Crippen molar-refractivity contribution in [1.82, 2.24) is 5.32 Å². The van der Waals surface area contributed by atoms with Gasteiger partial charge in [-0.3, -0.25) is 0 Å². The lowest BCUT2D eigenvalue weighted by atomic mass is 10.4. The summed E-state index contributed by atoms with van der Waals surface area (Å²) in [5.41, 5.74) is -0.554. The number of amides is 2. The smallest absolute Gasteiger partial charge is 0.368 e. The van der Waals surface area contributed by atoms with Crippen LogP contribution in [0.3, 0.4) is 0 Å². The Kier molecular flexibility index (Phi) is 4.88. The van der Waals surface area contributed by atoms with Gasteiger partial charge in [-0.05, 0) is 6.92 Å². The number of nitrogens with zero attached hydrogens (tertiary/aromatic N) is 2. The van der Waals surface area contributed by atoms with E-state index in [1.54, 1.807) is 6.92 Å². The number of nitriles is 1. The zero-order chi connectivity index (χ0) is 10.3. The molecule has 0 aliphatic rings. The van der Waals surface area contributed by atoms with Gasteiger partial charge in [-0.25, -0.2) is 9.59 Å². The van der Waals surface area contributed by atoms with Crippen molar-refractivity contribution in [2.75, 3.05) is 13.7 Å². The Morgan fingerprint density at radius 2 is 2.23 bits per heavy atom. The van der Waals surface area contributed by atoms with Crippen LogP contribution < -0.4 is 5.32 Å². The Labute approximate surface area is 75.2 Å². The first-order valence-corrected chi connectivity index (χ1v) is 3.53. The van der Waals surface area contributed by atoms with E-state index in [9.17, 15) is 9.59 Å². The van der Waals surface area contributed by atoms with Gasteiger partial charge in [0.15, 0.2) is 0 Å². The Morgan fingerprint density at radius 3 is 2.62 bits per heavy atom. The topological polar surface area (TPSA) is 91.6 Å². The normalized spacial score (nSPS) is 10.1. The molecule has 0 fully saturated rings. The minimum Gasteiger partial charge on any atom is -0.461 e. The predicted molar refractivity (Wildman–Crippen MR) is 44.1 cm³/mol. The van der Waals surface area contributed by atoms with Gasteiger partial charge in [0.2, 0.25) is 5.71 Å². The van der Waals surface area contributed by atoms with E-state index in [1.807, 2.05) is 0 Å². The highest BCUT2D eigenvalue weighted by atomic mass is 16.5. The Balaban J connectivity index is 4.52. The van der Waals surface area contributed by atoms with Crippen molar-refractivity contribution >= 4 is 17.7 Å². The molecule has 0 aliphatic carbocycles. The molecule has 0 atom stereocenters. The largest absolute Gasteiger partial charge is 0.461 e. The van der Waals surface area contributed by atoms with Crippen LogP contribution in [0.1, 0.15) is 6.92 Å². The molecule has 0 saturated heterocycles. The third-order valence-electron chi connectivity index (χ3n) is 1.00. The Morgan fingerprint density at radius 1 is 1.62 bits per heavy atom. The number of aliphatic imine (C=N–C) groups is 1. The second-order valence-electron chi connectivity index (χ2n) is 1.85. The summed E-state index contributed by atoms with van der Waals surface area (Å²) in [6.45, 7) is 1.72. The average Bonchev–Trinajstić information content (AvgIpc) is 2.14. The second-order valence-corrected chi connectivity index (χ2v) is 1.85. The molecular weight excluding hydrogens is 174 g/mol. The molecule has 6 nitrogen and oxygen atoms in total. The van der Waals surface area contributed by atoms with Crippen LogP contribution in [0.4, 0.5) is 4.79 Å². The first-order chi connectivity index (χ1) is 6.15. The van der Waals surface area contributed by atoms with Crippen LogP contribution in [0.25, 0.3) is 0 Å². The third kappa shape index (κ3) is 3.86. The number of esters is 1. The van der Waals surface area contributed by atoms with Crippen LogP contribution in [0.15, 0.2) is 4.99 Å². The number of hydrogen-bond acceptors (Lipinski definition) is 4. The van der Waals surface area contributed by atoms with Crippen LogP contribution >= 0.6 is 0 Å². The van der Waals surface area contributed by atoms with Gasteiger partial charge in [-0.1, -0.05) is 0 Å². The summed E-state index contributed by atoms with van der Waals surface area (Å²) in [6.07, 6.45) is 0. The summed E-state index contributed by atoms with van der Waals surface area (Å²) in [5, 5.41) is 10.5. The number of ether oxygens (including phenoxy) is 1. The van der Waals surface area contributed by atoms with E-state index in [-0.39, 0.29) is 6.61 Å². The number of carbonyl (C=O) groups excluding carboxylic acids is 2. The number of rotatable bonds is 2. The quantitative estimate of drug-likeness (QED) is 0.476. The monoisotopic (exact) mass is 183 g/mol. The first-order valence-electron chi connectivity index (χ1n) is 3.53. The molecule has 70 valence electrons. The maximum Gasteiger partial charge on any atom is 0.368 e. The highest BCUT2D eigenvalue weighted by Crippen LogP contribution is 1.85. The molecule has 6 heteroatoms. The third-order valence-corrected chi connectivity index (χ3v) is 1.00. The lowest BCUT2D eigenvalue weighted by molar-refractivity contribution is -0.134. The molecule has 0 aromatic heterocycles. The molecule has 0 unspecified atom stereocenters. The van der Waals surface area contributed by atoms with Crippen LogP contribution in [0.5, 0.6) is 0 Å². The van der Waals surface area contributed by atoms with E-state index in [2.05, 4.69) is 15.0 Å². The molecule has 0 radical (unpaired) electrons. The van der Waals surface area contributed by atoms with Crippen molar-refractivity contribution in [3.8, 4) is 6.07 Å². The van der Waals surface area contributed by atoms with Crippen molar-refractivity contribution in [2.45, 2.75) is 6.92 Å². The molecule has 2 amide bonds. The number of nitrogens with one attached hydrogen (secondary N) is 1. The molecule has 0 rings (SSSR count). The molecule has 0 aliphatic heterocycles. The van der Waals surface area contributed by atoms with Gasteiger partial charge < -0.3 is 10.1 Å². The highest BCUT2D eigenvalue weighted by Gasteiger charge is 2.12. The minimum atomic E-state index is -0.895. The van der Waals surface area contributed by atoms with Crippen LogP contribution in [-0.2, 0) is 9.53 Å². The van der Waals surface area contributed by atoms with Crippen molar-refractivity contribution in [1.29, 1.82) is 5.26 Å². The van der Waals surface area contributed by atoms with E-state index >= 15 is 0 Å². The molecule has 0 spiro atoms. The molecule has 13 heavy (non-hydrogen) atoms. The molecule has 0 heterocycles. The maximum atomic E-state index is 10.9. The van der Waals surface area contributed by atoms with E-state index < -0.39 is 17.7 Å². The summed E-state index contributed by atoms with van der Waals surface area (Å²) in [7, 11) is 1.34. The zero-order valence-corrected chi connectivity index (χ0v) is 7.33. The maximum absolute atomic E-state index is 10.9. The first kappa shape index (κ1) is 11.1. The number of carbonyl (C=O) groups is 2.